The standard InChI is InChI=1S/C91H181N17O12/c1-9-17-24-30-57-105(58-31-25-18-10-2)63-65-107(61-34-28-21-13-5)67-69-119-87(114)36-41-94-45-47-98-50-54-100-85(112)76-79(84(111)75-80(90(117)104-55-51-97-44-39-93)73-83(110)74-81(91(118)102-40-23-15-7)77-86(113)101-53-49-96-43-38-92)72-82(109)71-78(16-8)89(116)103-56-52-99-48-46-95-42-37-88(115)120-70-68-108(62-35-29-22-14-6)66-64-106(59-32-26-19-11-3)60-33-27-20-12-4/h78-81,94-99H,9-77,92-93H2,1-8H3,(H,100,112)(H,101,113)(H,102,118)(H,103,116)(H,104,117). The van der Waals surface area contributed by atoms with E-state index >= 15 is 0 Å². The van der Waals surface area contributed by atoms with Crippen LogP contribution in [0.3, 0.4) is 0 Å². The van der Waals surface area contributed by atoms with Crippen LogP contribution in [0.15, 0.2) is 0 Å². The highest BCUT2D eigenvalue weighted by Gasteiger charge is 2.34. The molecular weight excluding hydrogens is 1520 g/mol. The Bertz CT molecular complexity index is 2510. The van der Waals surface area contributed by atoms with Crippen LogP contribution in [-0.2, 0) is 57.4 Å². The van der Waals surface area contributed by atoms with Gasteiger partial charge in [-0.2, -0.15) is 0 Å². The Morgan fingerprint density at radius 2 is 0.533 bits per heavy atom. The van der Waals surface area contributed by atoms with E-state index in [1.807, 2.05) is 6.92 Å². The minimum Gasteiger partial charge on any atom is -0.464 e. The molecule has 4 unspecified atom stereocenters. The van der Waals surface area contributed by atoms with Crippen molar-refractivity contribution in [1.29, 1.82) is 0 Å². The van der Waals surface area contributed by atoms with E-state index in [0.717, 1.165) is 91.3 Å². The number of ketones is 3. The summed E-state index contributed by atoms with van der Waals surface area (Å²) in [7, 11) is 0. The van der Waals surface area contributed by atoms with E-state index in [9.17, 15) is 47.9 Å². The van der Waals surface area contributed by atoms with Gasteiger partial charge >= 0.3 is 11.9 Å². The molecule has 0 spiro atoms. The summed E-state index contributed by atoms with van der Waals surface area (Å²) in [6, 6.07) is 0. The summed E-state index contributed by atoms with van der Waals surface area (Å²) in [4.78, 5) is 148. The first-order chi connectivity index (χ1) is 58.4. The van der Waals surface area contributed by atoms with E-state index in [4.69, 9.17) is 20.9 Å². The summed E-state index contributed by atoms with van der Waals surface area (Å²) in [5.41, 5.74) is 11.3. The number of carbonyl (C=O) groups excluding carboxylic acids is 10. The van der Waals surface area contributed by atoms with Gasteiger partial charge in [-0.25, -0.2) is 0 Å². The summed E-state index contributed by atoms with van der Waals surface area (Å²) in [5.74, 6) is -8.77. The highest BCUT2D eigenvalue weighted by atomic mass is 16.5. The summed E-state index contributed by atoms with van der Waals surface area (Å²) < 4.78 is 11.5. The summed E-state index contributed by atoms with van der Waals surface area (Å²) in [6.45, 7) is 37.6. The first-order valence-electron chi connectivity index (χ1n) is 48.2. The number of Topliss-reactive ketones (excluding diaryl/α,β-unsaturated/α-hetero) is 3. The lowest BCUT2D eigenvalue weighted by atomic mass is 9.83. The number of esters is 2. The summed E-state index contributed by atoms with van der Waals surface area (Å²) >= 11 is 0. The second kappa shape index (κ2) is 84.7. The normalized spacial score (nSPS) is 12.6. The van der Waals surface area contributed by atoms with Gasteiger partial charge < -0.3 is 89.2 Å². The maximum absolute atomic E-state index is 14.8. The molecule has 0 saturated heterocycles. The number of rotatable bonds is 92. The zero-order chi connectivity index (χ0) is 88.4. The summed E-state index contributed by atoms with van der Waals surface area (Å²) in [6.07, 6.45) is 29.1. The molecule has 0 saturated carbocycles. The molecule has 29 nitrogen and oxygen atoms in total. The first kappa shape index (κ1) is 115. The van der Waals surface area contributed by atoms with Crippen LogP contribution in [-0.4, -0.2) is 295 Å². The summed E-state index contributed by atoms with van der Waals surface area (Å²) in [5, 5.41) is 33.6. The maximum atomic E-state index is 14.8. The van der Waals surface area contributed by atoms with Gasteiger partial charge in [-0.15, -0.1) is 0 Å². The molecule has 5 amide bonds. The number of carbonyl (C=O) groups is 10. The van der Waals surface area contributed by atoms with Gasteiger partial charge in [0.2, 0.25) is 29.5 Å². The number of nitrogens with zero attached hydrogens (tertiary/aromatic N) is 4. The van der Waals surface area contributed by atoms with E-state index in [-0.39, 0.29) is 69.7 Å². The topological polar surface area (TPSA) is 386 Å². The highest BCUT2D eigenvalue weighted by Crippen LogP contribution is 2.24. The fraction of sp³-hybridized carbons (Fsp3) is 0.890. The highest BCUT2D eigenvalue weighted by molar-refractivity contribution is 5.97. The monoisotopic (exact) mass is 1700 g/mol. The zero-order valence-corrected chi connectivity index (χ0v) is 77.4. The SMILES string of the molecule is CCCCCCN(CCCCCC)CCN(CCCCCC)CCOC(=O)CCNCCNCCNC(=O)CC(CC(=O)CC(CC)C(=O)NCCNCCNCCC(=O)OCCN(CCCCCC)CCN(CCCCCC)CCCCCC)C(=O)CC(CC(=O)CC(CC(=O)NCCNCCN)C(=O)NCCCC)C(=O)NCCNCCN. The number of unbranched alkanes of at least 4 members (excludes halogenated alkanes) is 19. The quantitative estimate of drug-likeness (QED) is 0.0205. The van der Waals surface area contributed by atoms with Crippen molar-refractivity contribution >= 4 is 58.8 Å². The van der Waals surface area contributed by atoms with Gasteiger partial charge in [0, 0.05) is 220 Å². The number of nitrogens with two attached hydrogens (primary N) is 2. The van der Waals surface area contributed by atoms with Crippen molar-refractivity contribution in [2.24, 2.45) is 35.1 Å². The Balaban J connectivity index is 6.07. The fourth-order valence-corrected chi connectivity index (χ4v) is 14.3. The van der Waals surface area contributed by atoms with Crippen molar-refractivity contribution < 1.29 is 57.4 Å². The van der Waals surface area contributed by atoms with Crippen molar-refractivity contribution in [2.75, 3.05) is 216 Å². The minimum atomic E-state index is -1.27. The van der Waals surface area contributed by atoms with E-state index in [1.165, 1.54) is 141 Å². The minimum absolute atomic E-state index is 0.130. The molecule has 29 heteroatoms. The predicted molar refractivity (Wildman–Crippen MR) is 489 cm³/mol. The molecule has 0 aromatic heterocycles. The van der Waals surface area contributed by atoms with E-state index in [2.05, 4.69) is 120 Å². The molecule has 0 rings (SSSR count). The Hall–Kier alpha value is -5.18. The van der Waals surface area contributed by atoms with E-state index in [1.54, 1.807) is 6.92 Å². The molecule has 0 fully saturated rings. The molecule has 0 bridgehead atoms. The van der Waals surface area contributed by atoms with E-state index < -0.39 is 96.8 Å². The molecule has 15 N–H and O–H groups in total. The van der Waals surface area contributed by atoms with Crippen molar-refractivity contribution in [2.45, 2.75) is 287 Å². The molecule has 0 heterocycles. The van der Waals surface area contributed by atoms with Gasteiger partial charge in [-0.1, -0.05) is 177 Å². The van der Waals surface area contributed by atoms with Gasteiger partial charge in [0.25, 0.3) is 0 Å². The lowest BCUT2D eigenvalue weighted by Crippen LogP contribution is -2.41. The third-order valence-electron chi connectivity index (χ3n) is 21.9. The Morgan fingerprint density at radius 1 is 0.258 bits per heavy atom. The van der Waals surface area contributed by atoms with Crippen LogP contribution >= 0.6 is 0 Å². The van der Waals surface area contributed by atoms with Crippen LogP contribution in [0.4, 0.5) is 0 Å². The average molecular weight is 1710 g/mol. The molecule has 0 aliphatic heterocycles. The van der Waals surface area contributed by atoms with Crippen LogP contribution in [0.5, 0.6) is 0 Å². The first-order valence-corrected chi connectivity index (χ1v) is 48.2. The van der Waals surface area contributed by atoms with Crippen molar-refractivity contribution in [1.82, 2.24) is 78.1 Å². The molecule has 0 aliphatic rings. The number of nitrogens with one attached hydrogen (secondary N) is 11. The third kappa shape index (κ3) is 70.1. The van der Waals surface area contributed by atoms with Gasteiger partial charge in [0.15, 0.2) is 0 Å². The Kier molecular flexibility index (Phi) is 81.0. The molecular formula is C91H181N17O12. The van der Waals surface area contributed by atoms with E-state index in [0.29, 0.717) is 131 Å². The number of hydrogen-bond acceptors (Lipinski definition) is 24. The molecule has 0 aromatic rings. The number of amides is 5. The predicted octanol–water partition coefficient (Wildman–Crippen LogP) is 7.69. The van der Waals surface area contributed by atoms with Crippen molar-refractivity contribution in [3.05, 3.63) is 0 Å². The Labute approximate surface area is 728 Å². The molecule has 0 aromatic carbocycles. The van der Waals surface area contributed by atoms with Crippen molar-refractivity contribution in [3.8, 4) is 0 Å². The molecule has 702 valence electrons. The largest absolute Gasteiger partial charge is 0.464 e. The molecule has 120 heavy (non-hydrogen) atoms. The lowest BCUT2D eigenvalue weighted by Gasteiger charge is -2.28. The number of hydrogen-bond donors (Lipinski definition) is 13. The number of ether oxygens (including phenoxy) is 2. The van der Waals surface area contributed by atoms with Crippen molar-refractivity contribution in [3.63, 3.8) is 0 Å². The maximum Gasteiger partial charge on any atom is 0.307 e. The second-order valence-electron chi connectivity index (χ2n) is 32.8. The van der Waals surface area contributed by atoms with Crippen LogP contribution in [0.1, 0.15) is 287 Å². The molecule has 0 aliphatic carbocycles. The average Bonchev–Trinajstić information content (AvgIpc) is 0.848. The van der Waals surface area contributed by atoms with Crippen LogP contribution < -0.4 is 70.0 Å². The second-order valence-corrected chi connectivity index (χ2v) is 32.8. The molecule has 4 atom stereocenters. The van der Waals surface area contributed by atoms with Gasteiger partial charge in [-0.3, -0.25) is 57.7 Å². The van der Waals surface area contributed by atoms with Crippen LogP contribution in [0.25, 0.3) is 0 Å². The smallest absolute Gasteiger partial charge is 0.307 e. The zero-order valence-electron chi connectivity index (χ0n) is 77.4. The molecule has 0 radical (unpaired) electrons. The lowest BCUT2D eigenvalue weighted by molar-refractivity contribution is -0.144. The third-order valence-corrected chi connectivity index (χ3v) is 21.9. The van der Waals surface area contributed by atoms with Gasteiger partial charge in [0.1, 0.15) is 30.6 Å². The van der Waals surface area contributed by atoms with Gasteiger partial charge in [0.05, 0.1) is 24.7 Å². The van der Waals surface area contributed by atoms with Crippen LogP contribution in [0, 0.1) is 23.7 Å². The fourth-order valence-electron chi connectivity index (χ4n) is 14.3. The van der Waals surface area contributed by atoms with Crippen LogP contribution in [0.2, 0.25) is 0 Å². The van der Waals surface area contributed by atoms with Gasteiger partial charge in [-0.05, 0) is 90.6 Å². The Morgan fingerprint density at radius 3 is 0.875 bits per heavy atom.